The number of rotatable bonds is 8. The molecule has 1 aliphatic rings. The van der Waals surface area contributed by atoms with Gasteiger partial charge in [-0.2, -0.15) is 0 Å². The van der Waals surface area contributed by atoms with Crippen LogP contribution in [0.3, 0.4) is 0 Å². The second kappa shape index (κ2) is 9.06. The van der Waals surface area contributed by atoms with Crippen LogP contribution >= 0.6 is 0 Å². The molecule has 0 bridgehead atoms. The van der Waals surface area contributed by atoms with Crippen molar-refractivity contribution in [3.63, 3.8) is 0 Å². The van der Waals surface area contributed by atoms with Gasteiger partial charge < -0.3 is 15.0 Å². The van der Waals surface area contributed by atoms with E-state index in [1.165, 1.54) is 30.5 Å². The first-order chi connectivity index (χ1) is 10.4. The highest BCUT2D eigenvalue weighted by Gasteiger charge is 2.21. The quantitative estimate of drug-likeness (QED) is 0.738. The Bertz CT molecular complexity index is 408. The highest BCUT2D eigenvalue weighted by Crippen LogP contribution is 2.32. The first-order valence-corrected chi connectivity index (χ1v) is 8.51. The normalized spacial score (nSPS) is 18.4. The van der Waals surface area contributed by atoms with Crippen molar-refractivity contribution >= 4 is 5.69 Å². The number of hydrogen-bond donors (Lipinski definition) is 1. The van der Waals surface area contributed by atoms with Crippen molar-refractivity contribution in [2.45, 2.75) is 45.6 Å². The van der Waals surface area contributed by atoms with Gasteiger partial charge in [0.1, 0.15) is 0 Å². The third kappa shape index (κ3) is 4.72. The summed E-state index contributed by atoms with van der Waals surface area (Å²) in [6, 6.07) is 9.42. The number of hydrogen-bond acceptors (Lipinski definition) is 3. The molecule has 0 aromatic heterocycles. The lowest BCUT2D eigenvalue weighted by Gasteiger charge is -2.26. The Morgan fingerprint density at radius 3 is 2.95 bits per heavy atom. The molecule has 0 fully saturated rings. The summed E-state index contributed by atoms with van der Waals surface area (Å²) in [5.41, 5.74) is 2.89. The highest BCUT2D eigenvalue weighted by atomic mass is 16.5. The second-order valence-electron chi connectivity index (χ2n) is 5.75. The first kappa shape index (κ1) is 16.3. The van der Waals surface area contributed by atoms with Crippen LogP contribution in [-0.4, -0.2) is 32.8 Å². The van der Waals surface area contributed by atoms with E-state index in [-0.39, 0.29) is 0 Å². The van der Waals surface area contributed by atoms with Gasteiger partial charge in [-0.1, -0.05) is 25.1 Å². The van der Waals surface area contributed by atoms with E-state index in [0.717, 1.165) is 39.3 Å². The number of ether oxygens (including phenoxy) is 1. The summed E-state index contributed by atoms with van der Waals surface area (Å²) < 4.78 is 5.48. The number of para-hydroxylation sites is 1. The van der Waals surface area contributed by atoms with E-state index in [0.29, 0.717) is 6.04 Å². The highest BCUT2D eigenvalue weighted by molar-refractivity contribution is 5.55. The van der Waals surface area contributed by atoms with Crippen LogP contribution in [0.4, 0.5) is 5.69 Å². The zero-order chi connectivity index (χ0) is 14.9. The second-order valence-corrected chi connectivity index (χ2v) is 5.75. The summed E-state index contributed by atoms with van der Waals surface area (Å²) >= 11 is 0. The predicted octanol–water partition coefficient (Wildman–Crippen LogP) is 3.75. The molecule has 1 unspecified atom stereocenters. The number of anilines is 1. The third-order valence-electron chi connectivity index (χ3n) is 4.14. The maximum Gasteiger partial charge on any atom is 0.0482 e. The molecular formula is C18H30N2O. The molecule has 1 atom stereocenters. The van der Waals surface area contributed by atoms with Gasteiger partial charge in [-0.15, -0.1) is 0 Å². The van der Waals surface area contributed by atoms with Gasteiger partial charge in [0, 0.05) is 38.0 Å². The molecule has 3 nitrogen and oxygen atoms in total. The number of benzene rings is 1. The molecule has 0 saturated heterocycles. The molecule has 3 heteroatoms. The fraction of sp³-hybridized carbons (Fsp3) is 0.667. The Balaban J connectivity index is 2.05. The summed E-state index contributed by atoms with van der Waals surface area (Å²) in [4.78, 5) is 2.54. The minimum Gasteiger partial charge on any atom is -0.382 e. The average Bonchev–Trinajstić information content (AvgIpc) is 2.69. The minimum atomic E-state index is 0.512. The lowest BCUT2D eigenvalue weighted by molar-refractivity contribution is 0.146. The molecular weight excluding hydrogens is 260 g/mol. The largest absolute Gasteiger partial charge is 0.382 e. The van der Waals surface area contributed by atoms with Crippen LogP contribution in [0.15, 0.2) is 24.3 Å². The van der Waals surface area contributed by atoms with Crippen LogP contribution < -0.4 is 10.2 Å². The Hall–Kier alpha value is -1.06. The van der Waals surface area contributed by atoms with Gasteiger partial charge in [0.25, 0.3) is 0 Å². The van der Waals surface area contributed by atoms with Gasteiger partial charge in [0.2, 0.25) is 0 Å². The molecule has 0 saturated carbocycles. The zero-order valence-electron chi connectivity index (χ0n) is 13.6. The van der Waals surface area contributed by atoms with Crippen LogP contribution in [0.25, 0.3) is 0 Å². The fourth-order valence-corrected chi connectivity index (χ4v) is 3.10. The van der Waals surface area contributed by atoms with Crippen LogP contribution in [0, 0.1) is 0 Å². The van der Waals surface area contributed by atoms with Crippen molar-refractivity contribution in [1.82, 2.24) is 5.32 Å². The Labute approximate surface area is 129 Å². The average molecular weight is 290 g/mol. The molecule has 2 rings (SSSR count). The fourth-order valence-electron chi connectivity index (χ4n) is 3.10. The van der Waals surface area contributed by atoms with Crippen LogP contribution in [-0.2, 0) is 4.74 Å². The van der Waals surface area contributed by atoms with E-state index >= 15 is 0 Å². The van der Waals surface area contributed by atoms with Gasteiger partial charge >= 0.3 is 0 Å². The summed E-state index contributed by atoms with van der Waals surface area (Å²) in [6.07, 6.45) is 4.79. The summed E-state index contributed by atoms with van der Waals surface area (Å²) in [6.45, 7) is 9.33. The van der Waals surface area contributed by atoms with Crippen molar-refractivity contribution in [2.24, 2.45) is 0 Å². The summed E-state index contributed by atoms with van der Waals surface area (Å²) in [5, 5.41) is 3.71. The third-order valence-corrected chi connectivity index (χ3v) is 4.14. The Kier molecular flexibility index (Phi) is 7.04. The molecule has 0 aliphatic carbocycles. The van der Waals surface area contributed by atoms with Crippen LogP contribution in [0.1, 0.15) is 51.1 Å². The van der Waals surface area contributed by atoms with E-state index in [1.807, 2.05) is 0 Å². The van der Waals surface area contributed by atoms with Gasteiger partial charge in [0.15, 0.2) is 0 Å². The van der Waals surface area contributed by atoms with E-state index in [2.05, 4.69) is 48.3 Å². The molecule has 21 heavy (non-hydrogen) atoms. The SMILES string of the molecule is CCCNC1CCCN(CCCOCC)c2ccccc21. The molecule has 0 amide bonds. The Morgan fingerprint density at radius 2 is 2.14 bits per heavy atom. The van der Waals surface area contributed by atoms with Crippen LogP contribution in [0.5, 0.6) is 0 Å². The summed E-state index contributed by atoms with van der Waals surface area (Å²) in [5.74, 6) is 0. The predicted molar refractivity (Wildman–Crippen MR) is 90.0 cm³/mol. The van der Waals surface area contributed by atoms with Crippen LogP contribution in [0.2, 0.25) is 0 Å². The smallest absolute Gasteiger partial charge is 0.0482 e. The van der Waals surface area contributed by atoms with E-state index in [9.17, 15) is 0 Å². The molecule has 1 aromatic carbocycles. The molecule has 1 heterocycles. The number of nitrogens with zero attached hydrogens (tertiary/aromatic N) is 1. The van der Waals surface area contributed by atoms with Crippen molar-refractivity contribution in [3.05, 3.63) is 29.8 Å². The summed E-state index contributed by atoms with van der Waals surface area (Å²) in [7, 11) is 0. The lowest BCUT2D eigenvalue weighted by atomic mass is 10.0. The Morgan fingerprint density at radius 1 is 1.29 bits per heavy atom. The van der Waals surface area contributed by atoms with Crippen molar-refractivity contribution in [1.29, 1.82) is 0 Å². The molecule has 1 aromatic rings. The lowest BCUT2D eigenvalue weighted by Crippen LogP contribution is -2.26. The zero-order valence-corrected chi connectivity index (χ0v) is 13.6. The molecule has 118 valence electrons. The number of nitrogens with one attached hydrogen (secondary N) is 1. The van der Waals surface area contributed by atoms with Crippen molar-refractivity contribution < 1.29 is 4.74 Å². The topological polar surface area (TPSA) is 24.5 Å². The van der Waals surface area contributed by atoms with Crippen molar-refractivity contribution in [3.8, 4) is 0 Å². The van der Waals surface area contributed by atoms with Crippen molar-refractivity contribution in [2.75, 3.05) is 37.7 Å². The van der Waals surface area contributed by atoms with E-state index < -0.39 is 0 Å². The number of fused-ring (bicyclic) bond motifs is 1. The molecule has 1 N–H and O–H groups in total. The van der Waals surface area contributed by atoms with E-state index in [1.54, 1.807) is 0 Å². The van der Waals surface area contributed by atoms with Gasteiger partial charge in [0.05, 0.1) is 0 Å². The molecule has 0 radical (unpaired) electrons. The molecule has 0 spiro atoms. The van der Waals surface area contributed by atoms with Gasteiger partial charge in [-0.3, -0.25) is 0 Å². The maximum absolute atomic E-state index is 5.48. The van der Waals surface area contributed by atoms with Gasteiger partial charge in [-0.25, -0.2) is 0 Å². The van der Waals surface area contributed by atoms with Gasteiger partial charge in [-0.05, 0) is 50.8 Å². The molecule has 1 aliphatic heterocycles. The first-order valence-electron chi connectivity index (χ1n) is 8.51. The van der Waals surface area contributed by atoms with E-state index in [4.69, 9.17) is 4.74 Å². The monoisotopic (exact) mass is 290 g/mol. The minimum absolute atomic E-state index is 0.512. The standard InChI is InChI=1S/C18H30N2O/c1-3-12-19-17-10-7-13-20(14-8-15-21-4-2)18-11-6-5-9-16(17)18/h5-6,9,11,17,19H,3-4,7-8,10,12-15H2,1-2H3. The maximum atomic E-state index is 5.48.